The number of carbonyl (C=O) groups is 1. The van der Waals surface area contributed by atoms with Crippen LogP contribution in [0, 0.1) is 0 Å². The van der Waals surface area contributed by atoms with Gasteiger partial charge in [-0.1, -0.05) is 12.1 Å². The number of nitrogens with zero attached hydrogens (tertiary/aromatic N) is 1. The Morgan fingerprint density at radius 3 is 2.59 bits per heavy atom. The average Bonchev–Trinajstić information content (AvgIpc) is 2.26. The fourth-order valence-electron chi connectivity index (χ4n) is 1.60. The minimum Gasteiger partial charge on any atom is -0.462 e. The normalized spacial score (nSPS) is 10.4. The van der Waals surface area contributed by atoms with Crippen molar-refractivity contribution in [1.29, 1.82) is 0 Å². The van der Waals surface area contributed by atoms with Gasteiger partial charge in [-0.15, -0.1) is 0 Å². The fraction of sp³-hybridized carbons (Fsp3) is 0.462. The molecule has 1 aromatic rings. The van der Waals surface area contributed by atoms with Crippen LogP contribution in [0.25, 0.3) is 0 Å². The third-order valence-corrected chi connectivity index (χ3v) is 2.35. The quantitative estimate of drug-likeness (QED) is 0.628. The highest BCUT2D eigenvalue weighted by Gasteiger charge is 2.13. The van der Waals surface area contributed by atoms with Gasteiger partial charge >= 0.3 is 5.97 Å². The van der Waals surface area contributed by atoms with Crippen LogP contribution >= 0.6 is 0 Å². The number of hydrogen-bond acceptors (Lipinski definition) is 4. The number of benzene rings is 1. The van der Waals surface area contributed by atoms with Gasteiger partial charge in [-0.05, 0) is 32.9 Å². The number of likely N-dealkylation sites (N-methyl/N-ethyl adjacent to an activating group) is 1. The van der Waals surface area contributed by atoms with E-state index in [-0.39, 0.29) is 18.6 Å². The number of nitrogen functional groups attached to an aromatic ring is 1. The maximum Gasteiger partial charge on any atom is 0.325 e. The van der Waals surface area contributed by atoms with Crippen molar-refractivity contribution >= 4 is 17.3 Å². The van der Waals surface area contributed by atoms with Gasteiger partial charge in [0.2, 0.25) is 0 Å². The number of rotatable bonds is 5. The Kier molecular flexibility index (Phi) is 4.82. The molecule has 2 N–H and O–H groups in total. The maximum absolute atomic E-state index is 11.6. The van der Waals surface area contributed by atoms with Crippen molar-refractivity contribution in [2.45, 2.75) is 26.9 Å². The van der Waals surface area contributed by atoms with E-state index in [2.05, 4.69) is 0 Å². The number of hydrogen-bond donors (Lipinski definition) is 1. The van der Waals surface area contributed by atoms with Gasteiger partial charge in [-0.25, -0.2) is 0 Å². The van der Waals surface area contributed by atoms with Gasteiger partial charge in [0.05, 0.1) is 17.5 Å². The molecule has 4 heteroatoms. The Bertz CT molecular complexity index is 377. The molecule has 0 aliphatic carbocycles. The molecule has 0 heterocycles. The molecule has 0 saturated heterocycles. The van der Waals surface area contributed by atoms with Crippen LogP contribution in [0.5, 0.6) is 0 Å². The summed E-state index contributed by atoms with van der Waals surface area (Å²) in [6, 6.07) is 7.51. The van der Waals surface area contributed by atoms with E-state index in [1.807, 2.05) is 49.9 Å². The summed E-state index contributed by atoms with van der Waals surface area (Å²) in [5, 5.41) is 0. The molecule has 0 saturated carbocycles. The second-order valence-electron chi connectivity index (χ2n) is 4.11. The molecule has 0 amide bonds. The average molecular weight is 236 g/mol. The monoisotopic (exact) mass is 236 g/mol. The SMILES string of the molecule is CCN(CC(=O)OC(C)C)c1ccccc1N. The second kappa shape index (κ2) is 6.13. The molecule has 0 aliphatic rings. The summed E-state index contributed by atoms with van der Waals surface area (Å²) in [7, 11) is 0. The largest absolute Gasteiger partial charge is 0.462 e. The highest BCUT2D eigenvalue weighted by atomic mass is 16.5. The maximum atomic E-state index is 11.6. The first-order chi connectivity index (χ1) is 8.04. The molecule has 0 fully saturated rings. The third-order valence-electron chi connectivity index (χ3n) is 2.35. The minimum absolute atomic E-state index is 0.0886. The van der Waals surface area contributed by atoms with Crippen LogP contribution in [0.1, 0.15) is 20.8 Å². The fourth-order valence-corrected chi connectivity index (χ4v) is 1.60. The van der Waals surface area contributed by atoms with Crippen molar-refractivity contribution in [2.75, 3.05) is 23.7 Å². The zero-order valence-electron chi connectivity index (χ0n) is 10.6. The standard InChI is InChI=1S/C13H20N2O2/c1-4-15(9-13(16)17-10(2)3)12-8-6-5-7-11(12)14/h5-8,10H,4,9,14H2,1-3H3. The number of esters is 1. The second-order valence-corrected chi connectivity index (χ2v) is 4.11. The number of carbonyl (C=O) groups excluding carboxylic acids is 1. The Hall–Kier alpha value is -1.71. The first-order valence-electron chi connectivity index (χ1n) is 5.83. The lowest BCUT2D eigenvalue weighted by molar-refractivity contribution is -0.145. The van der Waals surface area contributed by atoms with E-state index in [9.17, 15) is 4.79 Å². The molecule has 1 aromatic carbocycles. The highest BCUT2D eigenvalue weighted by molar-refractivity contribution is 5.78. The Balaban J connectivity index is 2.73. The third kappa shape index (κ3) is 3.98. The molecule has 4 nitrogen and oxygen atoms in total. The summed E-state index contributed by atoms with van der Waals surface area (Å²) < 4.78 is 5.12. The lowest BCUT2D eigenvalue weighted by Crippen LogP contribution is -2.32. The van der Waals surface area contributed by atoms with Crippen molar-refractivity contribution in [3.05, 3.63) is 24.3 Å². The number of para-hydroxylation sites is 2. The summed E-state index contributed by atoms with van der Waals surface area (Å²) in [6.07, 6.45) is -0.0886. The summed E-state index contributed by atoms with van der Waals surface area (Å²) in [5.74, 6) is -0.231. The van der Waals surface area contributed by atoms with Crippen LogP contribution in [0.3, 0.4) is 0 Å². The van der Waals surface area contributed by atoms with Gasteiger partial charge in [0.15, 0.2) is 0 Å². The number of anilines is 2. The van der Waals surface area contributed by atoms with E-state index in [0.29, 0.717) is 12.2 Å². The van der Waals surface area contributed by atoms with E-state index >= 15 is 0 Å². The molecule has 0 unspecified atom stereocenters. The zero-order valence-corrected chi connectivity index (χ0v) is 10.6. The predicted octanol–water partition coefficient (Wildman–Crippen LogP) is 2.05. The van der Waals surface area contributed by atoms with Gasteiger partial charge in [-0.3, -0.25) is 4.79 Å². The van der Waals surface area contributed by atoms with E-state index in [1.165, 1.54) is 0 Å². The van der Waals surface area contributed by atoms with E-state index in [4.69, 9.17) is 10.5 Å². The van der Waals surface area contributed by atoms with Crippen molar-refractivity contribution in [3.63, 3.8) is 0 Å². The topological polar surface area (TPSA) is 55.6 Å². The van der Waals surface area contributed by atoms with Crippen molar-refractivity contribution in [2.24, 2.45) is 0 Å². The molecule has 0 aliphatic heterocycles. The molecule has 94 valence electrons. The highest BCUT2D eigenvalue weighted by Crippen LogP contribution is 2.21. The van der Waals surface area contributed by atoms with Crippen LogP contribution in [-0.2, 0) is 9.53 Å². The lowest BCUT2D eigenvalue weighted by atomic mass is 10.2. The number of nitrogens with two attached hydrogens (primary N) is 1. The molecular formula is C13H20N2O2. The van der Waals surface area contributed by atoms with Gasteiger partial charge in [-0.2, -0.15) is 0 Å². The first-order valence-corrected chi connectivity index (χ1v) is 5.83. The molecule has 0 atom stereocenters. The summed E-state index contributed by atoms with van der Waals surface area (Å²) >= 11 is 0. The lowest BCUT2D eigenvalue weighted by Gasteiger charge is -2.23. The Morgan fingerprint density at radius 1 is 1.41 bits per heavy atom. The summed E-state index contributed by atoms with van der Waals surface area (Å²) in [6.45, 7) is 6.59. The molecule has 0 bridgehead atoms. The minimum atomic E-state index is -0.231. The van der Waals surface area contributed by atoms with Gasteiger partial charge in [0, 0.05) is 6.54 Å². The van der Waals surface area contributed by atoms with Crippen LogP contribution in [0.4, 0.5) is 11.4 Å². The van der Waals surface area contributed by atoms with Gasteiger partial charge < -0.3 is 15.4 Å². The molecule has 0 spiro atoms. The Morgan fingerprint density at radius 2 is 2.06 bits per heavy atom. The Labute approximate surface area is 102 Å². The molecular weight excluding hydrogens is 216 g/mol. The number of ether oxygens (including phenoxy) is 1. The van der Waals surface area contributed by atoms with Crippen LogP contribution in [0.15, 0.2) is 24.3 Å². The zero-order chi connectivity index (χ0) is 12.8. The molecule has 17 heavy (non-hydrogen) atoms. The van der Waals surface area contributed by atoms with E-state index in [1.54, 1.807) is 0 Å². The van der Waals surface area contributed by atoms with Gasteiger partial charge in [0.25, 0.3) is 0 Å². The van der Waals surface area contributed by atoms with Crippen molar-refractivity contribution < 1.29 is 9.53 Å². The molecule has 0 radical (unpaired) electrons. The summed E-state index contributed by atoms with van der Waals surface area (Å²) in [5.41, 5.74) is 7.42. The summed E-state index contributed by atoms with van der Waals surface area (Å²) in [4.78, 5) is 13.5. The predicted molar refractivity (Wildman–Crippen MR) is 70.0 cm³/mol. The van der Waals surface area contributed by atoms with Crippen LogP contribution < -0.4 is 10.6 Å². The van der Waals surface area contributed by atoms with Gasteiger partial charge in [0.1, 0.15) is 6.54 Å². The van der Waals surface area contributed by atoms with E-state index < -0.39 is 0 Å². The first kappa shape index (κ1) is 13.4. The van der Waals surface area contributed by atoms with Crippen LogP contribution in [0.2, 0.25) is 0 Å². The smallest absolute Gasteiger partial charge is 0.325 e. The van der Waals surface area contributed by atoms with E-state index in [0.717, 1.165) is 5.69 Å². The van der Waals surface area contributed by atoms with Crippen molar-refractivity contribution in [3.8, 4) is 0 Å². The molecule has 1 rings (SSSR count). The van der Waals surface area contributed by atoms with Crippen molar-refractivity contribution in [1.82, 2.24) is 0 Å². The molecule has 0 aromatic heterocycles. The van der Waals surface area contributed by atoms with Crippen LogP contribution in [-0.4, -0.2) is 25.2 Å².